The highest BCUT2D eigenvalue weighted by Crippen LogP contribution is 2.19. The van der Waals surface area contributed by atoms with E-state index >= 15 is 0 Å². The van der Waals surface area contributed by atoms with Crippen LogP contribution in [-0.2, 0) is 12.8 Å². The quantitative estimate of drug-likeness (QED) is 0.836. The van der Waals surface area contributed by atoms with Gasteiger partial charge in [0.15, 0.2) is 0 Å². The van der Waals surface area contributed by atoms with Gasteiger partial charge in [-0.3, -0.25) is 0 Å². The van der Waals surface area contributed by atoms with E-state index in [0.29, 0.717) is 12.0 Å². The number of aromatic nitrogens is 1. The van der Waals surface area contributed by atoms with Crippen molar-refractivity contribution in [3.63, 3.8) is 0 Å². The van der Waals surface area contributed by atoms with Crippen molar-refractivity contribution < 1.29 is 4.39 Å². The van der Waals surface area contributed by atoms with Crippen LogP contribution in [0.3, 0.4) is 0 Å². The van der Waals surface area contributed by atoms with Crippen molar-refractivity contribution in [3.8, 4) is 0 Å². The van der Waals surface area contributed by atoms with Crippen molar-refractivity contribution in [1.82, 2.24) is 10.3 Å². The molecule has 4 heteroatoms. The zero-order chi connectivity index (χ0) is 15.2. The van der Waals surface area contributed by atoms with Crippen molar-refractivity contribution in [2.45, 2.75) is 39.7 Å². The van der Waals surface area contributed by atoms with Crippen molar-refractivity contribution in [2.24, 2.45) is 5.92 Å². The van der Waals surface area contributed by atoms with Gasteiger partial charge in [-0.2, -0.15) is 0 Å². The van der Waals surface area contributed by atoms with Crippen LogP contribution >= 0.6 is 11.3 Å². The van der Waals surface area contributed by atoms with E-state index in [0.717, 1.165) is 35.7 Å². The lowest BCUT2D eigenvalue weighted by Crippen LogP contribution is -2.31. The fourth-order valence-electron chi connectivity index (χ4n) is 2.34. The van der Waals surface area contributed by atoms with E-state index in [4.69, 9.17) is 0 Å². The van der Waals surface area contributed by atoms with Crippen LogP contribution in [0.5, 0.6) is 0 Å². The molecule has 2 rings (SSSR count). The maximum Gasteiger partial charge on any atom is 0.126 e. The Labute approximate surface area is 130 Å². The SMILES string of the molecule is Cc1csc(CC(CNC(C)C)Cc2ccccc2F)n1. The summed E-state index contributed by atoms with van der Waals surface area (Å²) < 4.78 is 13.9. The molecule has 0 radical (unpaired) electrons. The molecule has 1 atom stereocenters. The lowest BCUT2D eigenvalue weighted by Gasteiger charge is -2.19. The van der Waals surface area contributed by atoms with E-state index in [1.807, 2.05) is 19.1 Å². The van der Waals surface area contributed by atoms with Crippen molar-refractivity contribution in [1.29, 1.82) is 0 Å². The van der Waals surface area contributed by atoms with Crippen LogP contribution in [0.4, 0.5) is 4.39 Å². The molecule has 21 heavy (non-hydrogen) atoms. The van der Waals surface area contributed by atoms with Gasteiger partial charge in [0.1, 0.15) is 5.82 Å². The molecule has 1 unspecified atom stereocenters. The zero-order valence-electron chi connectivity index (χ0n) is 12.9. The first-order valence-corrected chi connectivity index (χ1v) is 8.30. The number of nitrogens with zero attached hydrogens (tertiary/aromatic N) is 1. The highest BCUT2D eigenvalue weighted by molar-refractivity contribution is 7.09. The van der Waals surface area contributed by atoms with E-state index < -0.39 is 0 Å². The Kier molecular flexibility index (Phi) is 5.88. The second kappa shape index (κ2) is 7.66. The zero-order valence-corrected chi connectivity index (χ0v) is 13.7. The molecule has 1 N–H and O–H groups in total. The summed E-state index contributed by atoms with van der Waals surface area (Å²) in [6.45, 7) is 7.16. The summed E-state index contributed by atoms with van der Waals surface area (Å²) in [5.41, 5.74) is 1.86. The summed E-state index contributed by atoms with van der Waals surface area (Å²) in [6.07, 6.45) is 1.64. The van der Waals surface area contributed by atoms with Gasteiger partial charge in [-0.1, -0.05) is 32.0 Å². The van der Waals surface area contributed by atoms with Gasteiger partial charge in [-0.05, 0) is 37.4 Å². The molecule has 0 amide bonds. The molecule has 2 aromatic rings. The Hall–Kier alpha value is -1.26. The molecular weight excluding hydrogens is 283 g/mol. The van der Waals surface area contributed by atoms with Gasteiger partial charge in [0.2, 0.25) is 0 Å². The van der Waals surface area contributed by atoms with Gasteiger partial charge in [0, 0.05) is 23.5 Å². The van der Waals surface area contributed by atoms with Crippen molar-refractivity contribution in [3.05, 3.63) is 51.7 Å². The third-order valence-corrected chi connectivity index (χ3v) is 4.40. The lowest BCUT2D eigenvalue weighted by molar-refractivity contribution is 0.437. The van der Waals surface area contributed by atoms with E-state index in [9.17, 15) is 4.39 Å². The summed E-state index contributed by atoms with van der Waals surface area (Å²) in [6, 6.07) is 7.50. The fourth-order valence-corrected chi connectivity index (χ4v) is 3.23. The number of benzene rings is 1. The Bertz CT molecular complexity index is 565. The van der Waals surface area contributed by atoms with Gasteiger partial charge in [0.25, 0.3) is 0 Å². The fraction of sp³-hybridized carbons (Fsp3) is 0.471. The first kappa shape index (κ1) is 16.1. The number of rotatable bonds is 7. The molecule has 1 aromatic heterocycles. The molecule has 0 aliphatic rings. The Morgan fingerprint density at radius 3 is 2.62 bits per heavy atom. The molecule has 0 saturated heterocycles. The van der Waals surface area contributed by atoms with Crippen molar-refractivity contribution >= 4 is 11.3 Å². The summed E-state index contributed by atoms with van der Waals surface area (Å²) in [7, 11) is 0. The summed E-state index contributed by atoms with van der Waals surface area (Å²) in [4.78, 5) is 4.54. The standard InChI is InChI=1S/C17H23FN2S/c1-12(2)19-10-14(9-17-20-13(3)11-21-17)8-15-6-4-5-7-16(15)18/h4-7,11-12,14,19H,8-10H2,1-3H3. The molecule has 0 aliphatic carbocycles. The second-order valence-corrected chi connectivity index (χ2v) is 6.75. The second-order valence-electron chi connectivity index (χ2n) is 5.81. The summed E-state index contributed by atoms with van der Waals surface area (Å²) in [5.74, 6) is 0.247. The first-order valence-electron chi connectivity index (χ1n) is 7.42. The number of hydrogen-bond acceptors (Lipinski definition) is 3. The van der Waals surface area contributed by atoms with E-state index in [1.54, 1.807) is 17.4 Å². The predicted molar refractivity (Wildman–Crippen MR) is 87.3 cm³/mol. The smallest absolute Gasteiger partial charge is 0.126 e. The Morgan fingerprint density at radius 2 is 2.00 bits per heavy atom. The van der Waals surface area contributed by atoms with Crippen molar-refractivity contribution in [2.75, 3.05) is 6.54 Å². The van der Waals surface area contributed by atoms with E-state index in [2.05, 4.69) is 29.5 Å². The largest absolute Gasteiger partial charge is 0.314 e. The number of hydrogen-bond donors (Lipinski definition) is 1. The normalized spacial score (nSPS) is 12.8. The van der Waals surface area contributed by atoms with Crippen LogP contribution in [0.1, 0.15) is 30.1 Å². The molecule has 0 aliphatic heterocycles. The lowest BCUT2D eigenvalue weighted by atomic mass is 9.95. The topological polar surface area (TPSA) is 24.9 Å². The van der Waals surface area contributed by atoms with Gasteiger partial charge in [0.05, 0.1) is 5.01 Å². The monoisotopic (exact) mass is 306 g/mol. The first-order chi connectivity index (χ1) is 10.0. The molecule has 0 bridgehead atoms. The molecule has 0 spiro atoms. The van der Waals surface area contributed by atoms with Crippen LogP contribution < -0.4 is 5.32 Å². The maximum atomic E-state index is 13.9. The predicted octanol–water partition coefficient (Wildman–Crippen LogP) is 3.99. The molecular formula is C17H23FN2S. The van der Waals surface area contributed by atoms with Crippen LogP contribution in [0.25, 0.3) is 0 Å². The highest BCUT2D eigenvalue weighted by atomic mass is 32.1. The van der Waals surface area contributed by atoms with E-state index in [-0.39, 0.29) is 5.82 Å². The molecule has 0 saturated carbocycles. The minimum absolute atomic E-state index is 0.109. The van der Waals surface area contributed by atoms with Crippen LogP contribution in [0.15, 0.2) is 29.6 Å². The summed E-state index contributed by atoms with van der Waals surface area (Å²) in [5, 5.41) is 6.68. The number of halogens is 1. The Morgan fingerprint density at radius 1 is 1.24 bits per heavy atom. The average Bonchev–Trinajstić information content (AvgIpc) is 2.84. The van der Waals surface area contributed by atoms with Crippen LogP contribution in [0.2, 0.25) is 0 Å². The van der Waals surface area contributed by atoms with Gasteiger partial charge in [-0.25, -0.2) is 9.37 Å². The third-order valence-electron chi connectivity index (χ3n) is 3.41. The Balaban J connectivity index is 2.06. The third kappa shape index (κ3) is 5.21. The van der Waals surface area contributed by atoms with Gasteiger partial charge < -0.3 is 5.32 Å². The molecule has 114 valence electrons. The molecule has 0 fully saturated rings. The maximum absolute atomic E-state index is 13.9. The van der Waals surface area contributed by atoms with Crippen LogP contribution in [-0.4, -0.2) is 17.6 Å². The molecule has 2 nitrogen and oxygen atoms in total. The number of aryl methyl sites for hydroxylation is 1. The highest BCUT2D eigenvalue weighted by Gasteiger charge is 2.15. The van der Waals surface area contributed by atoms with Gasteiger partial charge in [-0.15, -0.1) is 11.3 Å². The van der Waals surface area contributed by atoms with E-state index in [1.165, 1.54) is 6.07 Å². The number of nitrogens with one attached hydrogen (secondary N) is 1. The minimum atomic E-state index is -0.109. The van der Waals surface area contributed by atoms with Crippen LogP contribution in [0, 0.1) is 18.7 Å². The van der Waals surface area contributed by atoms with Gasteiger partial charge >= 0.3 is 0 Å². The number of thiazole rings is 1. The minimum Gasteiger partial charge on any atom is -0.314 e. The molecule has 1 heterocycles. The average molecular weight is 306 g/mol. The molecule has 1 aromatic carbocycles. The summed E-state index contributed by atoms with van der Waals surface area (Å²) >= 11 is 1.69.